The van der Waals surface area contributed by atoms with E-state index in [1.54, 1.807) is 11.8 Å². The Balaban J connectivity index is 1.20. The van der Waals surface area contributed by atoms with Crippen LogP contribution in [0.4, 0.5) is 0 Å². The van der Waals surface area contributed by atoms with E-state index in [1.165, 1.54) is 5.56 Å². The quantitative estimate of drug-likeness (QED) is 0.388. The summed E-state index contributed by atoms with van der Waals surface area (Å²) < 4.78 is 12.8. The van der Waals surface area contributed by atoms with Crippen LogP contribution in [0.3, 0.4) is 0 Å². The standard InChI is InChI=1S/C26H24N4O3S/c1-17-5-3-4-6-22(17)30-18(2)28-29-26(30)34-15-19-7-10-21(11-8-19)25(31)27-14-20-9-12-23-24(13-20)33-16-32-23/h3-13H,14-16H2,1-2H3,(H,27,31). The maximum atomic E-state index is 12.6. The zero-order valence-corrected chi connectivity index (χ0v) is 19.8. The van der Waals surface area contributed by atoms with Gasteiger partial charge in [-0.3, -0.25) is 9.36 Å². The van der Waals surface area contributed by atoms with Gasteiger partial charge in [-0.2, -0.15) is 0 Å². The molecule has 3 aromatic carbocycles. The first kappa shape index (κ1) is 22.0. The lowest BCUT2D eigenvalue weighted by molar-refractivity contribution is 0.0951. The minimum Gasteiger partial charge on any atom is -0.454 e. The van der Waals surface area contributed by atoms with Crippen LogP contribution in [0.2, 0.25) is 0 Å². The van der Waals surface area contributed by atoms with E-state index < -0.39 is 0 Å². The summed E-state index contributed by atoms with van der Waals surface area (Å²) in [5.41, 5.74) is 4.94. The summed E-state index contributed by atoms with van der Waals surface area (Å²) in [6, 6.07) is 21.5. The molecule has 0 atom stereocenters. The predicted octanol–water partition coefficient (Wildman–Crippen LogP) is 4.84. The van der Waals surface area contributed by atoms with Gasteiger partial charge in [0.15, 0.2) is 16.7 Å². The second-order valence-corrected chi connectivity index (χ2v) is 8.95. The Hall–Kier alpha value is -3.78. The number of amides is 1. The van der Waals surface area contributed by atoms with E-state index >= 15 is 0 Å². The summed E-state index contributed by atoms with van der Waals surface area (Å²) in [6.45, 7) is 4.70. The molecule has 0 bridgehead atoms. The SMILES string of the molecule is Cc1ccccc1-n1c(C)nnc1SCc1ccc(C(=O)NCc2ccc3c(c2)OCO3)cc1. The molecule has 0 spiro atoms. The van der Waals surface area contributed by atoms with Gasteiger partial charge in [-0.05, 0) is 60.9 Å². The Labute approximate surface area is 202 Å². The van der Waals surface area contributed by atoms with Crippen LogP contribution in [-0.4, -0.2) is 27.5 Å². The van der Waals surface area contributed by atoms with Crippen molar-refractivity contribution in [3.8, 4) is 17.2 Å². The Morgan fingerprint density at radius 3 is 2.56 bits per heavy atom. The number of aryl methyl sites for hydroxylation is 2. The highest BCUT2D eigenvalue weighted by molar-refractivity contribution is 7.98. The van der Waals surface area contributed by atoms with Gasteiger partial charge in [0.05, 0.1) is 5.69 Å². The maximum Gasteiger partial charge on any atom is 0.251 e. The van der Waals surface area contributed by atoms with Crippen molar-refractivity contribution in [3.63, 3.8) is 0 Å². The number of hydrogen-bond donors (Lipinski definition) is 1. The summed E-state index contributed by atoms with van der Waals surface area (Å²) in [5, 5.41) is 12.4. The van der Waals surface area contributed by atoms with E-state index in [2.05, 4.69) is 39.1 Å². The van der Waals surface area contributed by atoms with E-state index in [1.807, 2.05) is 61.5 Å². The third-order valence-electron chi connectivity index (χ3n) is 5.63. The Kier molecular flexibility index (Phi) is 6.22. The summed E-state index contributed by atoms with van der Waals surface area (Å²) in [6.07, 6.45) is 0. The fraction of sp³-hybridized carbons (Fsp3) is 0.192. The number of fused-ring (bicyclic) bond motifs is 1. The molecule has 5 rings (SSSR count). The second kappa shape index (κ2) is 9.61. The fourth-order valence-corrected chi connectivity index (χ4v) is 4.71. The number of ether oxygens (including phenoxy) is 2. The molecular formula is C26H24N4O3S. The third-order valence-corrected chi connectivity index (χ3v) is 6.63. The van der Waals surface area contributed by atoms with Gasteiger partial charge in [0, 0.05) is 17.9 Å². The minimum atomic E-state index is -0.119. The first-order chi connectivity index (χ1) is 16.6. The van der Waals surface area contributed by atoms with Crippen LogP contribution in [-0.2, 0) is 12.3 Å². The average Bonchev–Trinajstić information content (AvgIpc) is 3.48. The number of benzene rings is 3. The Morgan fingerprint density at radius 2 is 1.74 bits per heavy atom. The predicted molar refractivity (Wildman–Crippen MR) is 131 cm³/mol. The van der Waals surface area contributed by atoms with Crippen LogP contribution in [0.5, 0.6) is 11.5 Å². The fourth-order valence-electron chi connectivity index (χ4n) is 3.76. The zero-order valence-electron chi connectivity index (χ0n) is 18.9. The molecule has 1 aromatic heterocycles. The maximum absolute atomic E-state index is 12.6. The number of hydrogen-bond acceptors (Lipinski definition) is 6. The highest BCUT2D eigenvalue weighted by atomic mass is 32.2. The molecule has 0 aliphatic carbocycles. The van der Waals surface area contributed by atoms with Gasteiger partial charge in [0.1, 0.15) is 5.82 Å². The molecule has 0 unspecified atom stereocenters. The van der Waals surface area contributed by atoms with Crippen molar-refractivity contribution in [2.75, 3.05) is 6.79 Å². The van der Waals surface area contributed by atoms with E-state index in [0.717, 1.165) is 39.3 Å². The number of rotatable bonds is 7. The summed E-state index contributed by atoms with van der Waals surface area (Å²) in [4.78, 5) is 12.6. The number of nitrogens with one attached hydrogen (secondary N) is 1. The van der Waals surface area contributed by atoms with Gasteiger partial charge in [-0.1, -0.05) is 48.2 Å². The highest BCUT2D eigenvalue weighted by Crippen LogP contribution is 2.32. The van der Waals surface area contributed by atoms with Gasteiger partial charge in [-0.25, -0.2) is 0 Å². The van der Waals surface area contributed by atoms with Gasteiger partial charge in [-0.15, -0.1) is 10.2 Å². The molecule has 0 radical (unpaired) electrons. The molecule has 2 heterocycles. The molecule has 0 saturated heterocycles. The lowest BCUT2D eigenvalue weighted by atomic mass is 10.1. The average molecular weight is 473 g/mol. The van der Waals surface area contributed by atoms with E-state index in [-0.39, 0.29) is 12.7 Å². The van der Waals surface area contributed by atoms with Crippen LogP contribution in [0, 0.1) is 13.8 Å². The van der Waals surface area contributed by atoms with E-state index in [0.29, 0.717) is 17.9 Å². The molecule has 1 N–H and O–H groups in total. The molecule has 172 valence electrons. The minimum absolute atomic E-state index is 0.119. The molecule has 0 fully saturated rings. The third kappa shape index (κ3) is 4.63. The van der Waals surface area contributed by atoms with Gasteiger partial charge in [0.2, 0.25) is 6.79 Å². The topological polar surface area (TPSA) is 78.3 Å². The molecule has 0 saturated carbocycles. The van der Waals surface area contributed by atoms with Crippen LogP contribution < -0.4 is 14.8 Å². The number of carbonyl (C=O) groups is 1. The largest absolute Gasteiger partial charge is 0.454 e. The zero-order chi connectivity index (χ0) is 23.5. The summed E-state index contributed by atoms with van der Waals surface area (Å²) >= 11 is 1.62. The number of para-hydroxylation sites is 1. The van der Waals surface area contributed by atoms with Crippen molar-refractivity contribution in [2.45, 2.75) is 31.3 Å². The Morgan fingerprint density at radius 1 is 0.971 bits per heavy atom. The van der Waals surface area contributed by atoms with Gasteiger partial charge >= 0.3 is 0 Å². The molecule has 34 heavy (non-hydrogen) atoms. The Bertz CT molecular complexity index is 1330. The smallest absolute Gasteiger partial charge is 0.251 e. The second-order valence-electron chi connectivity index (χ2n) is 8.01. The number of nitrogens with zero attached hydrogens (tertiary/aromatic N) is 3. The first-order valence-corrected chi connectivity index (χ1v) is 11.9. The lowest BCUT2D eigenvalue weighted by Crippen LogP contribution is -2.22. The monoisotopic (exact) mass is 472 g/mol. The van der Waals surface area contributed by atoms with Crippen LogP contribution in [0.25, 0.3) is 5.69 Å². The van der Waals surface area contributed by atoms with Gasteiger partial charge in [0.25, 0.3) is 5.91 Å². The van der Waals surface area contributed by atoms with Crippen LogP contribution >= 0.6 is 11.8 Å². The summed E-state index contributed by atoms with van der Waals surface area (Å²) in [7, 11) is 0. The number of carbonyl (C=O) groups excluding carboxylic acids is 1. The lowest BCUT2D eigenvalue weighted by Gasteiger charge is -2.11. The molecular weight excluding hydrogens is 448 g/mol. The number of aromatic nitrogens is 3. The normalized spacial score (nSPS) is 12.1. The van der Waals surface area contributed by atoms with Crippen molar-refractivity contribution in [2.24, 2.45) is 0 Å². The van der Waals surface area contributed by atoms with E-state index in [4.69, 9.17) is 9.47 Å². The van der Waals surface area contributed by atoms with Gasteiger partial charge < -0.3 is 14.8 Å². The van der Waals surface area contributed by atoms with Crippen LogP contribution in [0.1, 0.15) is 32.9 Å². The van der Waals surface area contributed by atoms with Crippen molar-refractivity contribution in [1.29, 1.82) is 0 Å². The molecule has 1 amide bonds. The molecule has 1 aliphatic rings. The molecule has 1 aliphatic heterocycles. The summed E-state index contributed by atoms with van der Waals surface area (Å²) in [5.74, 6) is 2.90. The van der Waals surface area contributed by atoms with E-state index in [9.17, 15) is 4.79 Å². The molecule has 4 aromatic rings. The van der Waals surface area contributed by atoms with Crippen molar-refractivity contribution in [3.05, 3.63) is 94.8 Å². The first-order valence-electron chi connectivity index (χ1n) is 10.9. The van der Waals surface area contributed by atoms with Crippen molar-refractivity contribution in [1.82, 2.24) is 20.1 Å². The molecule has 7 nitrogen and oxygen atoms in total. The molecule has 8 heteroatoms. The van der Waals surface area contributed by atoms with Crippen molar-refractivity contribution >= 4 is 17.7 Å². The number of thioether (sulfide) groups is 1. The highest BCUT2D eigenvalue weighted by Gasteiger charge is 2.15. The van der Waals surface area contributed by atoms with Crippen LogP contribution in [0.15, 0.2) is 71.9 Å². The van der Waals surface area contributed by atoms with Crippen molar-refractivity contribution < 1.29 is 14.3 Å².